The number of nitrogens with zero attached hydrogens (tertiary/aromatic N) is 2. The number of nitrogens with two attached hydrogens (primary N) is 1. The molecule has 3 N–H and O–H groups in total. The first kappa shape index (κ1) is 28.8. The van der Waals surface area contributed by atoms with Crippen molar-refractivity contribution in [2.24, 2.45) is 5.73 Å². The molecule has 1 fully saturated rings. The van der Waals surface area contributed by atoms with Gasteiger partial charge in [-0.05, 0) is 33.1 Å². The molecule has 1 aliphatic rings. The van der Waals surface area contributed by atoms with Crippen LogP contribution in [0.1, 0.15) is 60.3 Å². The number of carbonyl (C=O) groups is 1. The molecule has 1 rings (SSSR count). The molecule has 164 valence electrons. The lowest BCUT2D eigenvalue weighted by molar-refractivity contribution is -0.132. The number of allylic oxidation sites excluding steroid dienone is 5. The van der Waals surface area contributed by atoms with E-state index in [1.54, 1.807) is 0 Å². The molecule has 1 heterocycles. The Hall–Kier alpha value is -1.43. The summed E-state index contributed by atoms with van der Waals surface area (Å²) in [5.74, 6) is 0.256. The van der Waals surface area contributed by atoms with Gasteiger partial charge in [0.25, 0.3) is 0 Å². The van der Waals surface area contributed by atoms with Gasteiger partial charge in [0.2, 0.25) is 5.91 Å². The minimum Gasteiger partial charge on any atom is -0.396 e. The Morgan fingerprint density at radius 2 is 1.79 bits per heavy atom. The Bertz CT molecular complexity index is 437. The number of hydrogen-bond acceptors (Lipinski definition) is 4. The first-order chi connectivity index (χ1) is 13.4. The zero-order valence-electron chi connectivity index (χ0n) is 19.0. The molecule has 0 bridgehead atoms. The van der Waals surface area contributed by atoms with Crippen molar-refractivity contribution in [1.82, 2.24) is 9.80 Å². The molecule has 1 aliphatic heterocycles. The van der Waals surface area contributed by atoms with Crippen LogP contribution in [0.4, 0.5) is 0 Å². The Kier molecular flexibility index (Phi) is 20.9. The van der Waals surface area contributed by atoms with Crippen molar-refractivity contribution in [2.45, 2.75) is 66.3 Å². The molecule has 0 aliphatic carbocycles. The summed E-state index contributed by atoms with van der Waals surface area (Å²) >= 11 is 0. The van der Waals surface area contributed by atoms with Crippen molar-refractivity contribution in [3.63, 3.8) is 0 Å². The smallest absolute Gasteiger partial charge is 0.222 e. The topological polar surface area (TPSA) is 69.8 Å². The van der Waals surface area contributed by atoms with E-state index in [4.69, 9.17) is 10.8 Å². The minimum atomic E-state index is 0.256. The highest BCUT2D eigenvalue weighted by atomic mass is 16.3. The SMILES string of the molecule is C=C/C(C)=C\C=C/CC.CCC(=O)N1CCN(CCCO)CC1.CCC(C)N. The second kappa shape index (κ2) is 20.3. The third kappa shape index (κ3) is 18.0. The van der Waals surface area contributed by atoms with Crippen molar-refractivity contribution >= 4 is 5.91 Å². The van der Waals surface area contributed by atoms with Crippen molar-refractivity contribution in [1.29, 1.82) is 0 Å². The third-order valence-electron chi connectivity index (χ3n) is 4.36. The molecule has 28 heavy (non-hydrogen) atoms. The first-order valence-electron chi connectivity index (χ1n) is 10.7. The van der Waals surface area contributed by atoms with Crippen LogP contribution in [0.2, 0.25) is 0 Å². The first-order valence-corrected chi connectivity index (χ1v) is 10.7. The molecule has 0 saturated carbocycles. The molecule has 0 aromatic carbocycles. The summed E-state index contributed by atoms with van der Waals surface area (Å²) in [7, 11) is 0. The van der Waals surface area contributed by atoms with Crippen LogP contribution in [0.3, 0.4) is 0 Å². The van der Waals surface area contributed by atoms with Crippen LogP contribution >= 0.6 is 0 Å². The van der Waals surface area contributed by atoms with Gasteiger partial charge in [-0.3, -0.25) is 9.69 Å². The summed E-state index contributed by atoms with van der Waals surface area (Å²) < 4.78 is 0. The van der Waals surface area contributed by atoms with Crippen LogP contribution in [0, 0.1) is 0 Å². The van der Waals surface area contributed by atoms with Gasteiger partial charge in [0.1, 0.15) is 0 Å². The van der Waals surface area contributed by atoms with Gasteiger partial charge in [0, 0.05) is 51.8 Å². The fourth-order valence-electron chi connectivity index (χ4n) is 2.16. The Morgan fingerprint density at radius 3 is 2.18 bits per heavy atom. The van der Waals surface area contributed by atoms with E-state index in [1.807, 2.05) is 31.7 Å². The minimum absolute atomic E-state index is 0.256. The monoisotopic (exact) mass is 395 g/mol. The van der Waals surface area contributed by atoms with E-state index in [0.717, 1.165) is 52.0 Å². The normalized spacial score (nSPS) is 16.0. The average Bonchev–Trinajstić information content (AvgIpc) is 2.72. The number of aliphatic hydroxyl groups is 1. The van der Waals surface area contributed by atoms with Crippen LogP contribution in [0.25, 0.3) is 0 Å². The molecule has 1 saturated heterocycles. The fourth-order valence-corrected chi connectivity index (χ4v) is 2.16. The molecule has 1 amide bonds. The average molecular weight is 396 g/mol. The maximum Gasteiger partial charge on any atom is 0.222 e. The van der Waals surface area contributed by atoms with Gasteiger partial charge in [-0.1, -0.05) is 57.2 Å². The molecule has 0 spiro atoms. The fraction of sp³-hybridized carbons (Fsp3) is 0.696. The molecular formula is C23H45N3O2. The number of rotatable bonds is 8. The summed E-state index contributed by atoms with van der Waals surface area (Å²) in [6, 6.07) is 0.384. The summed E-state index contributed by atoms with van der Waals surface area (Å²) in [6.07, 6.45) is 11.7. The van der Waals surface area contributed by atoms with Gasteiger partial charge in [-0.2, -0.15) is 0 Å². The molecule has 5 heteroatoms. The summed E-state index contributed by atoms with van der Waals surface area (Å²) in [6.45, 7) is 18.6. The number of carbonyl (C=O) groups excluding carboxylic acids is 1. The van der Waals surface area contributed by atoms with E-state index < -0.39 is 0 Å². The predicted octanol–water partition coefficient (Wildman–Crippen LogP) is 3.75. The maximum atomic E-state index is 11.4. The Morgan fingerprint density at radius 1 is 1.21 bits per heavy atom. The highest BCUT2D eigenvalue weighted by Crippen LogP contribution is 2.03. The van der Waals surface area contributed by atoms with Crippen LogP contribution in [-0.2, 0) is 4.79 Å². The number of piperazine rings is 1. The van der Waals surface area contributed by atoms with Crippen LogP contribution in [0.5, 0.6) is 0 Å². The van der Waals surface area contributed by atoms with E-state index in [2.05, 4.69) is 43.6 Å². The van der Waals surface area contributed by atoms with E-state index in [9.17, 15) is 4.79 Å². The molecule has 5 nitrogen and oxygen atoms in total. The van der Waals surface area contributed by atoms with Crippen molar-refractivity contribution in [3.05, 3.63) is 36.5 Å². The molecule has 1 unspecified atom stereocenters. The molecule has 0 aromatic heterocycles. The van der Waals surface area contributed by atoms with Gasteiger partial charge < -0.3 is 15.7 Å². The lowest BCUT2D eigenvalue weighted by atomic mass is 10.2. The van der Waals surface area contributed by atoms with Gasteiger partial charge in [-0.25, -0.2) is 0 Å². The van der Waals surface area contributed by atoms with Crippen molar-refractivity contribution < 1.29 is 9.90 Å². The number of hydrogen-bond donors (Lipinski definition) is 2. The van der Waals surface area contributed by atoms with E-state index >= 15 is 0 Å². The van der Waals surface area contributed by atoms with Crippen molar-refractivity contribution in [2.75, 3.05) is 39.3 Å². The van der Waals surface area contributed by atoms with Gasteiger partial charge in [0.15, 0.2) is 0 Å². The molecular weight excluding hydrogens is 350 g/mol. The molecule has 0 radical (unpaired) electrons. The lowest BCUT2D eigenvalue weighted by Gasteiger charge is -2.34. The lowest BCUT2D eigenvalue weighted by Crippen LogP contribution is -2.48. The summed E-state index contributed by atoms with van der Waals surface area (Å²) in [5, 5.41) is 8.68. The highest BCUT2D eigenvalue weighted by molar-refractivity contribution is 5.75. The van der Waals surface area contributed by atoms with E-state index in [1.165, 1.54) is 5.57 Å². The second-order valence-corrected chi connectivity index (χ2v) is 6.99. The van der Waals surface area contributed by atoms with Gasteiger partial charge >= 0.3 is 0 Å². The Balaban J connectivity index is 0. The van der Waals surface area contributed by atoms with Gasteiger partial charge in [0.05, 0.1) is 0 Å². The predicted molar refractivity (Wildman–Crippen MR) is 122 cm³/mol. The van der Waals surface area contributed by atoms with E-state index in [-0.39, 0.29) is 12.5 Å². The number of aliphatic hydroxyl groups excluding tert-OH is 1. The number of amides is 1. The zero-order valence-corrected chi connectivity index (χ0v) is 19.0. The Labute approximate surface area is 174 Å². The second-order valence-electron chi connectivity index (χ2n) is 6.99. The quantitative estimate of drug-likeness (QED) is 0.614. The van der Waals surface area contributed by atoms with Gasteiger partial charge in [-0.15, -0.1) is 0 Å². The summed E-state index contributed by atoms with van der Waals surface area (Å²) in [5.41, 5.74) is 6.50. The third-order valence-corrected chi connectivity index (χ3v) is 4.36. The molecule has 1 atom stereocenters. The summed E-state index contributed by atoms with van der Waals surface area (Å²) in [4.78, 5) is 15.6. The maximum absolute atomic E-state index is 11.4. The van der Waals surface area contributed by atoms with Crippen LogP contribution in [0.15, 0.2) is 36.5 Å². The standard InChI is InChI=1S/C10H20N2O2.C9H14.C4H11N/c1-2-10(14)12-7-5-11(6-8-12)4-3-9-13;1-4-6-7-8-9(3)5-2;1-3-4(2)5/h13H,2-9H2,1H3;5-8H,2,4H2,1,3H3;4H,3,5H2,1-2H3/b;7-6-,9-8-;. The van der Waals surface area contributed by atoms with Crippen LogP contribution in [-0.4, -0.2) is 66.2 Å². The van der Waals surface area contributed by atoms with Crippen LogP contribution < -0.4 is 5.73 Å². The largest absolute Gasteiger partial charge is 0.396 e. The zero-order chi connectivity index (χ0) is 21.8. The molecule has 0 aromatic rings. The highest BCUT2D eigenvalue weighted by Gasteiger charge is 2.18. The van der Waals surface area contributed by atoms with E-state index in [0.29, 0.717) is 12.5 Å². The van der Waals surface area contributed by atoms with Crippen molar-refractivity contribution in [3.8, 4) is 0 Å².